The Balaban J connectivity index is 2.04. The lowest BCUT2D eigenvalue weighted by molar-refractivity contribution is 0.602. The maximum absolute atomic E-state index is 14.0. The van der Waals surface area contributed by atoms with E-state index in [2.05, 4.69) is 16.8 Å². The van der Waals surface area contributed by atoms with Crippen LogP contribution in [0.1, 0.15) is 11.1 Å². The van der Waals surface area contributed by atoms with E-state index in [0.717, 1.165) is 11.9 Å². The molecular formula is C17H16ClFN2. The number of rotatable bonds is 4. The Hall–Kier alpha value is -1.84. The topological polar surface area (TPSA) is 30.9 Å². The van der Waals surface area contributed by atoms with Gasteiger partial charge in [0.2, 0.25) is 0 Å². The van der Waals surface area contributed by atoms with Crippen molar-refractivity contribution in [3.63, 3.8) is 0 Å². The minimum absolute atomic E-state index is 0.277. The molecule has 0 aliphatic rings. The van der Waals surface area contributed by atoms with Gasteiger partial charge in [0.15, 0.2) is 0 Å². The molecule has 2 nitrogen and oxygen atoms in total. The van der Waals surface area contributed by atoms with Crippen molar-refractivity contribution in [2.24, 2.45) is 5.73 Å². The molecule has 0 fully saturated rings. The molecule has 108 valence electrons. The second-order valence-electron chi connectivity index (χ2n) is 5.07. The highest BCUT2D eigenvalue weighted by atomic mass is 35.5. The van der Waals surface area contributed by atoms with E-state index in [-0.39, 0.29) is 5.82 Å². The highest BCUT2D eigenvalue weighted by Gasteiger charge is 2.10. The van der Waals surface area contributed by atoms with Gasteiger partial charge in [-0.3, -0.25) is 0 Å². The summed E-state index contributed by atoms with van der Waals surface area (Å²) >= 11 is 5.80. The van der Waals surface area contributed by atoms with Crippen LogP contribution >= 0.6 is 11.6 Å². The molecule has 3 rings (SSSR count). The third-order valence-electron chi connectivity index (χ3n) is 3.64. The maximum Gasteiger partial charge on any atom is 0.129 e. The van der Waals surface area contributed by atoms with Crippen LogP contribution in [0.5, 0.6) is 0 Å². The first-order chi connectivity index (χ1) is 10.2. The van der Waals surface area contributed by atoms with Crippen LogP contribution in [-0.4, -0.2) is 11.1 Å². The van der Waals surface area contributed by atoms with Crippen LogP contribution in [0.25, 0.3) is 10.9 Å². The largest absolute Gasteiger partial charge is 0.343 e. The van der Waals surface area contributed by atoms with Crippen LogP contribution < -0.4 is 5.73 Å². The van der Waals surface area contributed by atoms with E-state index in [4.69, 9.17) is 17.3 Å². The SMILES string of the molecule is NCCc1cn(Cc2ccc(Cl)cc2F)c2ccccc12. The number of nitrogens with two attached hydrogens (primary N) is 1. The average molecular weight is 303 g/mol. The first-order valence-corrected chi connectivity index (χ1v) is 7.27. The Morgan fingerprint density at radius 2 is 1.90 bits per heavy atom. The van der Waals surface area contributed by atoms with Gasteiger partial charge in [-0.15, -0.1) is 0 Å². The van der Waals surface area contributed by atoms with Crippen molar-refractivity contribution in [3.8, 4) is 0 Å². The van der Waals surface area contributed by atoms with Crippen LogP contribution in [0.2, 0.25) is 5.02 Å². The quantitative estimate of drug-likeness (QED) is 0.776. The summed E-state index contributed by atoms with van der Waals surface area (Å²) < 4.78 is 16.0. The molecule has 0 aliphatic carbocycles. The van der Waals surface area contributed by atoms with Crippen LogP contribution in [0.4, 0.5) is 4.39 Å². The molecule has 0 saturated heterocycles. The summed E-state index contributed by atoms with van der Waals surface area (Å²) in [7, 11) is 0. The molecule has 4 heteroatoms. The molecule has 0 radical (unpaired) electrons. The van der Waals surface area contributed by atoms with Crippen molar-refractivity contribution < 1.29 is 4.39 Å². The van der Waals surface area contributed by atoms with Gasteiger partial charge in [-0.1, -0.05) is 35.9 Å². The number of benzene rings is 2. The molecule has 0 unspecified atom stereocenters. The fraction of sp³-hybridized carbons (Fsp3) is 0.176. The number of hydrogen-bond acceptors (Lipinski definition) is 1. The average Bonchev–Trinajstić information content (AvgIpc) is 2.81. The smallest absolute Gasteiger partial charge is 0.129 e. The van der Waals surface area contributed by atoms with Gasteiger partial charge in [0.25, 0.3) is 0 Å². The predicted molar refractivity (Wildman–Crippen MR) is 85.2 cm³/mol. The number of para-hydroxylation sites is 1. The Morgan fingerprint density at radius 3 is 2.67 bits per heavy atom. The van der Waals surface area contributed by atoms with E-state index in [1.165, 1.54) is 17.0 Å². The van der Waals surface area contributed by atoms with E-state index in [1.54, 1.807) is 12.1 Å². The summed E-state index contributed by atoms with van der Waals surface area (Å²) in [5.74, 6) is -0.277. The summed E-state index contributed by atoms with van der Waals surface area (Å²) in [4.78, 5) is 0. The minimum atomic E-state index is -0.277. The zero-order valence-electron chi connectivity index (χ0n) is 11.5. The van der Waals surface area contributed by atoms with Crippen molar-refractivity contribution in [2.75, 3.05) is 6.54 Å². The molecule has 0 amide bonds. The molecule has 1 aromatic heterocycles. The fourth-order valence-electron chi connectivity index (χ4n) is 2.64. The summed E-state index contributed by atoms with van der Waals surface area (Å²) in [6.45, 7) is 1.08. The summed E-state index contributed by atoms with van der Waals surface area (Å²) in [6.07, 6.45) is 2.88. The maximum atomic E-state index is 14.0. The van der Waals surface area contributed by atoms with Crippen molar-refractivity contribution in [1.82, 2.24) is 4.57 Å². The van der Waals surface area contributed by atoms with Gasteiger partial charge in [-0.05, 0) is 36.7 Å². The van der Waals surface area contributed by atoms with Gasteiger partial charge >= 0.3 is 0 Å². The molecule has 0 saturated carbocycles. The van der Waals surface area contributed by atoms with Crippen LogP contribution in [0, 0.1) is 5.82 Å². The summed E-state index contributed by atoms with van der Waals surface area (Å²) in [5.41, 5.74) is 8.58. The van der Waals surface area contributed by atoms with Gasteiger partial charge in [0.1, 0.15) is 5.82 Å². The third-order valence-corrected chi connectivity index (χ3v) is 3.88. The van der Waals surface area contributed by atoms with Gasteiger partial charge in [0, 0.05) is 27.7 Å². The van der Waals surface area contributed by atoms with Crippen LogP contribution in [-0.2, 0) is 13.0 Å². The molecule has 2 aromatic carbocycles. The van der Waals surface area contributed by atoms with E-state index in [1.807, 2.05) is 18.2 Å². The molecule has 0 spiro atoms. The van der Waals surface area contributed by atoms with Crippen molar-refractivity contribution in [2.45, 2.75) is 13.0 Å². The summed E-state index contributed by atoms with van der Waals surface area (Å²) in [6, 6.07) is 12.9. The number of hydrogen-bond donors (Lipinski definition) is 1. The fourth-order valence-corrected chi connectivity index (χ4v) is 2.80. The Labute approximate surface area is 127 Å². The predicted octanol–water partition coefficient (Wildman–Crippen LogP) is 3.98. The first kappa shape index (κ1) is 14.1. The number of aromatic nitrogens is 1. The van der Waals surface area contributed by atoms with Crippen LogP contribution in [0.15, 0.2) is 48.7 Å². The monoisotopic (exact) mass is 302 g/mol. The lowest BCUT2D eigenvalue weighted by Gasteiger charge is -2.07. The highest BCUT2D eigenvalue weighted by molar-refractivity contribution is 6.30. The molecule has 21 heavy (non-hydrogen) atoms. The Kier molecular flexibility index (Phi) is 3.95. The lowest BCUT2D eigenvalue weighted by atomic mass is 10.1. The minimum Gasteiger partial charge on any atom is -0.343 e. The van der Waals surface area contributed by atoms with Gasteiger partial charge in [-0.25, -0.2) is 4.39 Å². The zero-order chi connectivity index (χ0) is 14.8. The molecule has 0 aliphatic heterocycles. The summed E-state index contributed by atoms with van der Waals surface area (Å²) in [5, 5.41) is 1.59. The first-order valence-electron chi connectivity index (χ1n) is 6.90. The number of halogens is 2. The third kappa shape index (κ3) is 2.80. The Bertz CT molecular complexity index is 780. The molecule has 0 bridgehead atoms. The highest BCUT2D eigenvalue weighted by Crippen LogP contribution is 2.24. The Morgan fingerprint density at radius 1 is 1.10 bits per heavy atom. The van der Waals surface area contributed by atoms with Crippen molar-refractivity contribution in [3.05, 3.63) is 70.6 Å². The molecule has 0 atom stereocenters. The van der Waals surface area contributed by atoms with E-state index in [9.17, 15) is 4.39 Å². The number of nitrogens with zero attached hydrogens (tertiary/aromatic N) is 1. The number of fused-ring (bicyclic) bond motifs is 1. The van der Waals surface area contributed by atoms with Crippen LogP contribution in [0.3, 0.4) is 0 Å². The van der Waals surface area contributed by atoms with Crippen molar-refractivity contribution >= 4 is 22.5 Å². The second-order valence-corrected chi connectivity index (χ2v) is 5.51. The van der Waals surface area contributed by atoms with E-state index in [0.29, 0.717) is 23.7 Å². The van der Waals surface area contributed by atoms with Gasteiger partial charge in [0.05, 0.1) is 6.54 Å². The standard InChI is InChI=1S/C17H16ClFN2/c18-14-6-5-13(16(19)9-14)11-21-10-12(7-8-20)15-3-1-2-4-17(15)21/h1-6,9-10H,7-8,11,20H2. The van der Waals surface area contributed by atoms with Gasteiger partial charge in [-0.2, -0.15) is 0 Å². The second kappa shape index (κ2) is 5.88. The van der Waals surface area contributed by atoms with Gasteiger partial charge < -0.3 is 10.3 Å². The lowest BCUT2D eigenvalue weighted by Crippen LogP contribution is -2.03. The molecule has 3 aromatic rings. The molecule has 1 heterocycles. The molecular weight excluding hydrogens is 287 g/mol. The zero-order valence-corrected chi connectivity index (χ0v) is 12.3. The molecule has 2 N–H and O–H groups in total. The normalized spacial score (nSPS) is 11.2. The van der Waals surface area contributed by atoms with E-state index < -0.39 is 0 Å². The van der Waals surface area contributed by atoms with E-state index >= 15 is 0 Å². The van der Waals surface area contributed by atoms with Crippen molar-refractivity contribution in [1.29, 1.82) is 0 Å².